The predicted octanol–water partition coefficient (Wildman–Crippen LogP) is 0.698. The highest BCUT2D eigenvalue weighted by Gasteiger charge is 2.21. The molecule has 0 heterocycles. The Bertz CT molecular complexity index is 564. The summed E-state index contributed by atoms with van der Waals surface area (Å²) < 4.78 is 31.0. The van der Waals surface area contributed by atoms with Crippen LogP contribution in [-0.4, -0.2) is 30.1 Å². The lowest BCUT2D eigenvalue weighted by Gasteiger charge is -2.06. The molecule has 0 fully saturated rings. The second-order valence-corrected chi connectivity index (χ2v) is 3.46. The summed E-state index contributed by atoms with van der Waals surface area (Å²) in [6.45, 7) is -0.433. The number of benzene rings is 1. The van der Waals surface area contributed by atoms with Gasteiger partial charge in [-0.3, -0.25) is 14.9 Å². The van der Waals surface area contributed by atoms with Gasteiger partial charge in [-0.25, -0.2) is 9.18 Å². The van der Waals surface area contributed by atoms with E-state index in [4.69, 9.17) is 0 Å². The molecule has 8 nitrogen and oxygen atoms in total. The van der Waals surface area contributed by atoms with Gasteiger partial charge in [0.2, 0.25) is 5.82 Å². The number of rotatable bonds is 5. The number of amides is 2. The van der Waals surface area contributed by atoms with E-state index < -0.39 is 39.8 Å². The van der Waals surface area contributed by atoms with Crippen LogP contribution < -0.4 is 11.1 Å². The summed E-state index contributed by atoms with van der Waals surface area (Å²) in [6.07, 6.45) is -1.05. The van der Waals surface area contributed by atoms with Gasteiger partial charge >= 0.3 is 11.8 Å². The molecule has 0 aromatic heterocycles. The van der Waals surface area contributed by atoms with Crippen molar-refractivity contribution < 1.29 is 28.0 Å². The van der Waals surface area contributed by atoms with Crippen molar-refractivity contribution in [3.05, 3.63) is 39.4 Å². The first-order chi connectivity index (χ1) is 9.32. The number of ether oxygens (including phenoxy) is 1. The van der Waals surface area contributed by atoms with Crippen LogP contribution in [0.3, 0.4) is 0 Å². The normalized spacial score (nSPS) is 9.90. The average molecular weight is 289 g/mol. The van der Waals surface area contributed by atoms with E-state index in [-0.39, 0.29) is 13.2 Å². The largest absolute Gasteiger partial charge is 0.448 e. The molecule has 2 amide bonds. The van der Waals surface area contributed by atoms with Crippen LogP contribution in [0.2, 0.25) is 0 Å². The minimum Gasteiger partial charge on any atom is -0.448 e. The number of carbonyl (C=O) groups is 2. The van der Waals surface area contributed by atoms with E-state index in [9.17, 15) is 28.5 Å². The molecule has 0 spiro atoms. The van der Waals surface area contributed by atoms with Crippen LogP contribution in [0.5, 0.6) is 0 Å². The van der Waals surface area contributed by atoms with E-state index in [2.05, 4.69) is 15.8 Å². The summed E-state index contributed by atoms with van der Waals surface area (Å²) in [5.41, 5.74) is 2.89. The van der Waals surface area contributed by atoms with Crippen LogP contribution in [0.25, 0.3) is 0 Å². The Hall–Kier alpha value is -2.78. The average Bonchev–Trinajstić information content (AvgIpc) is 2.36. The molecule has 0 radical (unpaired) electrons. The van der Waals surface area contributed by atoms with Gasteiger partial charge in [0.1, 0.15) is 12.4 Å². The van der Waals surface area contributed by atoms with E-state index in [0.29, 0.717) is 12.1 Å². The Morgan fingerprint density at radius 2 is 2.00 bits per heavy atom. The molecule has 20 heavy (non-hydrogen) atoms. The van der Waals surface area contributed by atoms with E-state index in [1.165, 1.54) is 0 Å². The Kier molecular flexibility index (Phi) is 4.89. The lowest BCUT2D eigenvalue weighted by Crippen LogP contribution is -2.29. The van der Waals surface area contributed by atoms with Crippen molar-refractivity contribution in [2.24, 2.45) is 5.73 Å². The molecule has 3 N–H and O–H groups in total. The zero-order valence-electron chi connectivity index (χ0n) is 9.89. The summed E-state index contributed by atoms with van der Waals surface area (Å²) in [5.74, 6) is -3.59. The molecular formula is C10H9F2N3O5. The van der Waals surface area contributed by atoms with Crippen LogP contribution in [0, 0.1) is 21.7 Å². The minimum absolute atomic E-state index is 0.181. The first-order valence-electron chi connectivity index (χ1n) is 5.16. The molecule has 1 aromatic carbocycles. The van der Waals surface area contributed by atoms with Crippen molar-refractivity contribution in [1.82, 2.24) is 5.32 Å². The molecule has 0 aliphatic rings. The summed E-state index contributed by atoms with van der Waals surface area (Å²) in [7, 11) is 0. The number of primary amides is 1. The minimum atomic E-state index is -1.34. The number of halogens is 2. The zero-order valence-corrected chi connectivity index (χ0v) is 9.89. The molecule has 10 heteroatoms. The van der Waals surface area contributed by atoms with Gasteiger partial charge in [0, 0.05) is 0 Å². The standard InChI is InChI=1S/C10H9F2N3O5/c11-6-4-8(15(18)19)7(12)3-5(6)9(16)14-1-2-20-10(13)17/h3-4H,1-2H2,(H2,13,17)(H,14,16). The number of carbonyl (C=O) groups excluding carboxylic acids is 2. The fourth-order valence-electron chi connectivity index (χ4n) is 1.26. The van der Waals surface area contributed by atoms with Gasteiger partial charge in [-0.05, 0) is 6.07 Å². The van der Waals surface area contributed by atoms with E-state index in [1.807, 2.05) is 0 Å². The smallest absolute Gasteiger partial charge is 0.404 e. The number of nitrogens with one attached hydrogen (secondary N) is 1. The molecule has 0 aliphatic heterocycles. The van der Waals surface area contributed by atoms with Crippen molar-refractivity contribution in [2.45, 2.75) is 0 Å². The van der Waals surface area contributed by atoms with Gasteiger partial charge in [0.25, 0.3) is 5.91 Å². The lowest BCUT2D eigenvalue weighted by molar-refractivity contribution is -0.387. The molecule has 0 atom stereocenters. The number of hydrogen-bond acceptors (Lipinski definition) is 5. The van der Waals surface area contributed by atoms with Crippen LogP contribution >= 0.6 is 0 Å². The second-order valence-electron chi connectivity index (χ2n) is 3.46. The molecule has 0 unspecified atom stereocenters. The summed E-state index contributed by atoms with van der Waals surface area (Å²) >= 11 is 0. The number of nitro benzene ring substituents is 1. The van der Waals surface area contributed by atoms with Crippen molar-refractivity contribution in [1.29, 1.82) is 0 Å². The van der Waals surface area contributed by atoms with E-state index >= 15 is 0 Å². The third-order valence-corrected chi connectivity index (χ3v) is 2.11. The Labute approximate surface area is 110 Å². The summed E-state index contributed by atoms with van der Waals surface area (Å²) in [6, 6.07) is 0.724. The third-order valence-electron chi connectivity index (χ3n) is 2.11. The van der Waals surface area contributed by atoms with Gasteiger partial charge < -0.3 is 15.8 Å². The Morgan fingerprint density at radius 1 is 1.35 bits per heavy atom. The van der Waals surface area contributed by atoms with Crippen molar-refractivity contribution in [2.75, 3.05) is 13.2 Å². The van der Waals surface area contributed by atoms with Gasteiger partial charge in [-0.1, -0.05) is 0 Å². The highest BCUT2D eigenvalue weighted by molar-refractivity contribution is 5.94. The molecule has 1 aromatic rings. The predicted molar refractivity (Wildman–Crippen MR) is 60.9 cm³/mol. The highest BCUT2D eigenvalue weighted by atomic mass is 19.1. The van der Waals surface area contributed by atoms with Crippen molar-refractivity contribution >= 4 is 17.7 Å². The SMILES string of the molecule is NC(=O)OCCNC(=O)c1cc(F)c([N+](=O)[O-])cc1F. The maximum atomic E-state index is 13.4. The Morgan fingerprint density at radius 3 is 2.55 bits per heavy atom. The molecule has 108 valence electrons. The topological polar surface area (TPSA) is 125 Å². The van der Waals surface area contributed by atoms with Crippen LogP contribution in [0.4, 0.5) is 19.3 Å². The monoisotopic (exact) mass is 289 g/mol. The Balaban J connectivity index is 2.76. The summed E-state index contributed by atoms with van der Waals surface area (Å²) in [5, 5.41) is 12.5. The van der Waals surface area contributed by atoms with Gasteiger partial charge in [0.05, 0.1) is 23.1 Å². The van der Waals surface area contributed by atoms with Crippen molar-refractivity contribution in [3.63, 3.8) is 0 Å². The lowest BCUT2D eigenvalue weighted by atomic mass is 10.1. The fraction of sp³-hybridized carbons (Fsp3) is 0.200. The first kappa shape index (κ1) is 15.3. The second kappa shape index (κ2) is 6.41. The maximum Gasteiger partial charge on any atom is 0.404 e. The first-order valence-corrected chi connectivity index (χ1v) is 5.16. The number of nitrogens with zero attached hydrogens (tertiary/aromatic N) is 1. The fourth-order valence-corrected chi connectivity index (χ4v) is 1.26. The van der Waals surface area contributed by atoms with Gasteiger partial charge in [-0.2, -0.15) is 4.39 Å². The molecule has 1 rings (SSSR count). The van der Waals surface area contributed by atoms with Crippen LogP contribution in [-0.2, 0) is 4.74 Å². The quantitative estimate of drug-likeness (QED) is 0.469. The number of nitrogens with two attached hydrogens (primary N) is 1. The zero-order chi connectivity index (χ0) is 15.3. The van der Waals surface area contributed by atoms with Crippen LogP contribution in [0.1, 0.15) is 10.4 Å². The summed E-state index contributed by atoms with van der Waals surface area (Å²) in [4.78, 5) is 31.0. The van der Waals surface area contributed by atoms with Gasteiger partial charge in [0.15, 0.2) is 0 Å². The molecular weight excluding hydrogens is 280 g/mol. The highest BCUT2D eigenvalue weighted by Crippen LogP contribution is 2.21. The molecule has 0 saturated carbocycles. The molecule has 0 bridgehead atoms. The number of nitro groups is 1. The third kappa shape index (κ3) is 3.86. The van der Waals surface area contributed by atoms with E-state index in [1.54, 1.807) is 0 Å². The van der Waals surface area contributed by atoms with Crippen molar-refractivity contribution in [3.8, 4) is 0 Å². The molecule has 0 saturated heterocycles. The van der Waals surface area contributed by atoms with Gasteiger partial charge in [-0.15, -0.1) is 0 Å². The maximum absolute atomic E-state index is 13.4. The molecule has 0 aliphatic carbocycles. The van der Waals surface area contributed by atoms with E-state index in [0.717, 1.165) is 0 Å². The number of hydrogen-bond donors (Lipinski definition) is 2. The van der Waals surface area contributed by atoms with Crippen LogP contribution in [0.15, 0.2) is 12.1 Å².